The Labute approximate surface area is 200 Å². The molecule has 6 heteroatoms. The molecule has 3 rings (SSSR count). The van der Waals surface area contributed by atoms with Crippen LogP contribution < -0.4 is 13.2 Å². The summed E-state index contributed by atoms with van der Waals surface area (Å²) in [5, 5.41) is 1.05. The molecule has 3 nitrogen and oxygen atoms in total. The second-order valence-electron chi connectivity index (χ2n) is 7.89. The van der Waals surface area contributed by atoms with Gasteiger partial charge < -0.3 is 0 Å². The summed E-state index contributed by atoms with van der Waals surface area (Å²) in [6.45, 7) is 4.91. The second kappa shape index (κ2) is 12.3. The van der Waals surface area contributed by atoms with Gasteiger partial charge in [-0.15, -0.1) is 0 Å². The van der Waals surface area contributed by atoms with Crippen LogP contribution in [-0.2, 0) is 25.4 Å². The zero-order valence-electron chi connectivity index (χ0n) is 19.1. The zero-order chi connectivity index (χ0) is 22.9. The van der Waals surface area contributed by atoms with Crippen LogP contribution in [0.25, 0.3) is 0 Å². The summed E-state index contributed by atoms with van der Waals surface area (Å²) in [6.07, 6.45) is 0. The van der Waals surface area contributed by atoms with Gasteiger partial charge in [0.2, 0.25) is 0 Å². The first-order chi connectivity index (χ1) is 15.5. The quantitative estimate of drug-likeness (QED) is 0.241. The third-order valence-electron chi connectivity index (χ3n) is 5.55. The summed E-state index contributed by atoms with van der Waals surface area (Å²) >= 11 is 2.60. The molecule has 0 spiro atoms. The maximum atomic E-state index is 6.14. The van der Waals surface area contributed by atoms with Gasteiger partial charge in [0.25, 0.3) is 0 Å². The SMILES string of the molecule is CCOP(=S)(OCC)OCC(C)[CH2][Ge]([c]1ccccc1)([c]1ccccc1)[c]1ccccc1. The Bertz CT molecular complexity index is 879. The molecule has 32 heavy (non-hydrogen) atoms. The van der Waals surface area contributed by atoms with Gasteiger partial charge in [-0.3, -0.25) is 0 Å². The van der Waals surface area contributed by atoms with Crippen molar-refractivity contribution in [3.05, 3.63) is 91.0 Å². The molecule has 0 aliphatic heterocycles. The fourth-order valence-electron chi connectivity index (χ4n) is 4.25. The molecule has 0 amide bonds. The minimum atomic E-state index is -3.00. The molecule has 1 atom stereocenters. The predicted octanol–water partition coefficient (Wildman–Crippen LogP) is 5.11. The van der Waals surface area contributed by atoms with Crippen molar-refractivity contribution in [2.75, 3.05) is 19.8 Å². The van der Waals surface area contributed by atoms with Crippen molar-refractivity contribution in [2.45, 2.75) is 26.0 Å². The Hall–Kier alpha value is -1.27. The summed E-state index contributed by atoms with van der Waals surface area (Å²) < 4.78 is 21.9. The van der Waals surface area contributed by atoms with E-state index in [1.807, 2.05) is 13.8 Å². The summed E-state index contributed by atoms with van der Waals surface area (Å²) in [7, 11) is 0. The van der Waals surface area contributed by atoms with Crippen LogP contribution in [0.1, 0.15) is 20.8 Å². The van der Waals surface area contributed by atoms with E-state index in [0.29, 0.717) is 25.7 Å². The first-order valence-corrected chi connectivity index (χ1v) is 18.4. The van der Waals surface area contributed by atoms with Gasteiger partial charge in [0.15, 0.2) is 0 Å². The maximum absolute atomic E-state index is 6.14. The Morgan fingerprint density at radius 2 is 1.06 bits per heavy atom. The molecule has 0 aromatic heterocycles. The van der Waals surface area contributed by atoms with Crippen molar-refractivity contribution < 1.29 is 13.6 Å². The molecule has 0 N–H and O–H groups in total. The number of rotatable bonds is 12. The molecular weight excluding hydrogens is 496 g/mol. The molecule has 0 aliphatic carbocycles. The summed E-state index contributed by atoms with van der Waals surface area (Å²) in [5.41, 5.74) is 0. The Morgan fingerprint density at radius 1 is 0.688 bits per heavy atom. The first-order valence-electron chi connectivity index (χ1n) is 11.2. The van der Waals surface area contributed by atoms with Gasteiger partial charge >= 0.3 is 201 Å². The van der Waals surface area contributed by atoms with E-state index in [0.717, 1.165) is 5.25 Å². The fourth-order valence-corrected chi connectivity index (χ4v) is 17.2. The van der Waals surface area contributed by atoms with E-state index in [1.165, 1.54) is 13.2 Å². The van der Waals surface area contributed by atoms with Gasteiger partial charge in [-0.25, -0.2) is 0 Å². The van der Waals surface area contributed by atoms with E-state index in [2.05, 4.69) is 97.9 Å². The van der Waals surface area contributed by atoms with Gasteiger partial charge in [-0.05, 0) is 0 Å². The van der Waals surface area contributed by atoms with Crippen molar-refractivity contribution in [1.29, 1.82) is 0 Å². The molecule has 0 radical (unpaired) electrons. The van der Waals surface area contributed by atoms with Crippen molar-refractivity contribution in [3.8, 4) is 0 Å². The molecule has 3 aromatic rings. The van der Waals surface area contributed by atoms with Crippen LogP contribution in [0.5, 0.6) is 0 Å². The zero-order valence-corrected chi connectivity index (χ0v) is 23.0. The monoisotopic (exact) mass is 530 g/mol. The van der Waals surface area contributed by atoms with Crippen molar-refractivity contribution in [3.63, 3.8) is 0 Å². The first kappa shape index (κ1) is 25.4. The van der Waals surface area contributed by atoms with E-state index in [9.17, 15) is 0 Å². The van der Waals surface area contributed by atoms with Gasteiger partial charge in [0.05, 0.1) is 0 Å². The average Bonchev–Trinajstić information content (AvgIpc) is 2.83. The molecule has 0 saturated carbocycles. The van der Waals surface area contributed by atoms with Crippen LogP contribution in [0.3, 0.4) is 0 Å². The average molecular weight is 529 g/mol. The summed E-state index contributed by atoms with van der Waals surface area (Å²) in [6, 6.07) is 33.1. The minimum absolute atomic E-state index is 0.291. The van der Waals surface area contributed by atoms with Crippen LogP contribution in [0.4, 0.5) is 0 Å². The van der Waals surface area contributed by atoms with E-state index in [4.69, 9.17) is 25.4 Å². The molecule has 0 aliphatic rings. The van der Waals surface area contributed by atoms with E-state index < -0.39 is 20.0 Å². The second-order valence-corrected chi connectivity index (χ2v) is 19.2. The molecular formula is C26H33GeO3PS. The molecule has 0 bridgehead atoms. The normalized spacial score (nSPS) is 13.1. The molecule has 1 unspecified atom stereocenters. The molecule has 0 saturated heterocycles. The standard InChI is InChI=1S/C26H33GeO3PS/c1-4-28-31(32,29-5-2)30-22-23(3)21-27(24-15-9-6-10-16-24,25-17-11-7-12-18-25)26-19-13-8-14-20-26/h6-20,23H,4-5,21-22H2,1-3H3. The third-order valence-corrected chi connectivity index (χ3v) is 19.2. The predicted molar refractivity (Wildman–Crippen MR) is 141 cm³/mol. The van der Waals surface area contributed by atoms with Gasteiger partial charge in [0.1, 0.15) is 0 Å². The van der Waals surface area contributed by atoms with Crippen molar-refractivity contribution in [1.82, 2.24) is 0 Å². The van der Waals surface area contributed by atoms with Crippen LogP contribution in [0.15, 0.2) is 91.0 Å². The van der Waals surface area contributed by atoms with Gasteiger partial charge in [-0.2, -0.15) is 0 Å². The molecule has 0 fully saturated rings. The van der Waals surface area contributed by atoms with E-state index in [-0.39, 0.29) is 0 Å². The van der Waals surface area contributed by atoms with Crippen LogP contribution in [0.2, 0.25) is 5.25 Å². The van der Waals surface area contributed by atoms with Gasteiger partial charge in [0, 0.05) is 0 Å². The topological polar surface area (TPSA) is 27.7 Å². The van der Waals surface area contributed by atoms with E-state index in [1.54, 1.807) is 0 Å². The van der Waals surface area contributed by atoms with Crippen molar-refractivity contribution >= 4 is 45.0 Å². The molecule has 0 heterocycles. The number of hydrogen-bond donors (Lipinski definition) is 0. The summed E-state index contributed by atoms with van der Waals surface area (Å²) in [5.74, 6) is 0.291. The van der Waals surface area contributed by atoms with Crippen LogP contribution in [0, 0.1) is 5.92 Å². The third kappa shape index (κ3) is 6.19. The van der Waals surface area contributed by atoms with Gasteiger partial charge in [-0.1, -0.05) is 0 Å². The molecule has 170 valence electrons. The Morgan fingerprint density at radius 3 is 1.41 bits per heavy atom. The fraction of sp³-hybridized carbons (Fsp3) is 0.308. The van der Waals surface area contributed by atoms with Crippen molar-refractivity contribution in [2.24, 2.45) is 5.92 Å². The Balaban J connectivity index is 2.01. The Kier molecular flexibility index (Phi) is 9.72. The number of benzene rings is 3. The molecule has 3 aromatic carbocycles. The van der Waals surface area contributed by atoms with E-state index >= 15 is 0 Å². The number of hydrogen-bond acceptors (Lipinski definition) is 4. The van der Waals surface area contributed by atoms with Crippen LogP contribution in [-0.4, -0.2) is 33.1 Å². The van der Waals surface area contributed by atoms with Crippen LogP contribution >= 0.6 is 6.72 Å². The summed E-state index contributed by atoms with van der Waals surface area (Å²) in [4.78, 5) is 0.